The maximum absolute atomic E-state index is 5.58. The van der Waals surface area contributed by atoms with Gasteiger partial charge in [0.25, 0.3) is 0 Å². The van der Waals surface area contributed by atoms with Crippen molar-refractivity contribution in [1.82, 2.24) is 0 Å². The van der Waals surface area contributed by atoms with Gasteiger partial charge in [-0.15, -0.1) is 0 Å². The van der Waals surface area contributed by atoms with Gasteiger partial charge in [-0.2, -0.15) is 0 Å². The standard InChI is InChI=1S/C14H20BrNO3/c15-13-3-1-2-4-14(13)16-5-7-17-9-11-19-12-10-18-8-6-16/h1-4H,5-12H2. The van der Waals surface area contributed by atoms with E-state index in [1.807, 2.05) is 12.1 Å². The SMILES string of the molecule is Brc1ccccc1N1CCOCCOCCOCC1. The van der Waals surface area contributed by atoms with Crippen LogP contribution in [-0.2, 0) is 14.2 Å². The van der Waals surface area contributed by atoms with E-state index in [1.165, 1.54) is 5.69 Å². The second kappa shape index (κ2) is 8.53. The third kappa shape index (κ3) is 5.10. The Balaban J connectivity index is 1.97. The highest BCUT2D eigenvalue weighted by atomic mass is 79.9. The van der Waals surface area contributed by atoms with Crippen LogP contribution in [0.25, 0.3) is 0 Å². The van der Waals surface area contributed by atoms with Gasteiger partial charge in [-0.3, -0.25) is 0 Å². The summed E-state index contributed by atoms with van der Waals surface area (Å²) in [5, 5.41) is 0. The highest BCUT2D eigenvalue weighted by Gasteiger charge is 2.10. The third-order valence-corrected chi connectivity index (χ3v) is 3.62. The molecule has 2 rings (SSSR count). The lowest BCUT2D eigenvalue weighted by Gasteiger charge is -2.26. The van der Waals surface area contributed by atoms with Crippen molar-refractivity contribution in [2.24, 2.45) is 0 Å². The molecular formula is C14H20BrNO3. The Hall–Kier alpha value is -0.620. The Morgan fingerprint density at radius 2 is 1.32 bits per heavy atom. The Labute approximate surface area is 122 Å². The van der Waals surface area contributed by atoms with Crippen molar-refractivity contribution in [2.75, 3.05) is 57.6 Å². The number of para-hydroxylation sites is 1. The second-order valence-corrected chi connectivity index (χ2v) is 5.13. The summed E-state index contributed by atoms with van der Waals surface area (Å²) >= 11 is 3.60. The van der Waals surface area contributed by atoms with E-state index in [9.17, 15) is 0 Å². The molecule has 0 amide bonds. The van der Waals surface area contributed by atoms with Crippen LogP contribution in [0.1, 0.15) is 0 Å². The smallest absolute Gasteiger partial charge is 0.0701 e. The van der Waals surface area contributed by atoms with Crippen molar-refractivity contribution in [3.05, 3.63) is 28.7 Å². The van der Waals surface area contributed by atoms with Crippen molar-refractivity contribution >= 4 is 21.6 Å². The van der Waals surface area contributed by atoms with Crippen molar-refractivity contribution in [1.29, 1.82) is 0 Å². The molecule has 0 spiro atoms. The minimum absolute atomic E-state index is 0.637. The quantitative estimate of drug-likeness (QED) is 0.791. The molecule has 0 atom stereocenters. The average Bonchev–Trinajstić information content (AvgIpc) is 2.40. The number of rotatable bonds is 1. The molecule has 1 fully saturated rings. The molecule has 1 saturated heterocycles. The first-order valence-corrected chi connectivity index (χ1v) is 7.40. The summed E-state index contributed by atoms with van der Waals surface area (Å²) in [6.07, 6.45) is 0. The van der Waals surface area contributed by atoms with Crippen LogP contribution in [0, 0.1) is 0 Å². The van der Waals surface area contributed by atoms with Crippen LogP contribution in [0.5, 0.6) is 0 Å². The van der Waals surface area contributed by atoms with Crippen molar-refractivity contribution < 1.29 is 14.2 Å². The van der Waals surface area contributed by atoms with Crippen LogP contribution < -0.4 is 4.90 Å². The number of halogens is 1. The van der Waals surface area contributed by atoms with Gasteiger partial charge in [-0.05, 0) is 28.1 Å². The Morgan fingerprint density at radius 3 is 1.89 bits per heavy atom. The molecule has 0 radical (unpaired) electrons. The fourth-order valence-corrected chi connectivity index (χ4v) is 2.49. The summed E-state index contributed by atoms with van der Waals surface area (Å²) in [5.74, 6) is 0. The molecule has 0 aliphatic carbocycles. The van der Waals surface area contributed by atoms with E-state index in [4.69, 9.17) is 14.2 Å². The van der Waals surface area contributed by atoms with E-state index in [1.54, 1.807) is 0 Å². The Bertz CT molecular complexity index is 363. The summed E-state index contributed by atoms with van der Waals surface area (Å²) in [4.78, 5) is 2.28. The first-order valence-electron chi connectivity index (χ1n) is 6.60. The molecule has 1 aliphatic rings. The molecule has 4 nitrogen and oxygen atoms in total. The molecule has 1 aliphatic heterocycles. The van der Waals surface area contributed by atoms with Crippen LogP contribution >= 0.6 is 15.9 Å². The maximum atomic E-state index is 5.58. The highest BCUT2D eigenvalue weighted by Crippen LogP contribution is 2.25. The molecule has 0 N–H and O–H groups in total. The summed E-state index contributed by atoms with van der Waals surface area (Å²) in [7, 11) is 0. The lowest BCUT2D eigenvalue weighted by atomic mass is 10.3. The molecule has 19 heavy (non-hydrogen) atoms. The molecule has 1 aromatic rings. The molecule has 5 heteroatoms. The Kier molecular flexibility index (Phi) is 6.64. The molecule has 0 bridgehead atoms. The fourth-order valence-electron chi connectivity index (χ4n) is 1.95. The topological polar surface area (TPSA) is 30.9 Å². The second-order valence-electron chi connectivity index (χ2n) is 4.28. The zero-order valence-corrected chi connectivity index (χ0v) is 12.6. The summed E-state index contributed by atoms with van der Waals surface area (Å²) in [6, 6.07) is 8.24. The van der Waals surface area contributed by atoms with E-state index >= 15 is 0 Å². The number of ether oxygens (including phenoxy) is 3. The summed E-state index contributed by atoms with van der Waals surface area (Å²) < 4.78 is 17.6. The van der Waals surface area contributed by atoms with Crippen LogP contribution in [-0.4, -0.2) is 52.7 Å². The molecule has 106 valence electrons. The molecular weight excluding hydrogens is 310 g/mol. The van der Waals surface area contributed by atoms with Gasteiger partial charge in [-0.1, -0.05) is 12.1 Å². The average molecular weight is 330 g/mol. The predicted molar refractivity (Wildman–Crippen MR) is 78.8 cm³/mol. The first-order chi connectivity index (χ1) is 9.38. The van der Waals surface area contributed by atoms with Gasteiger partial charge in [0.05, 0.1) is 45.3 Å². The van der Waals surface area contributed by atoms with E-state index in [2.05, 4.69) is 33.0 Å². The third-order valence-electron chi connectivity index (χ3n) is 2.95. The normalized spacial score (nSPS) is 19.5. The van der Waals surface area contributed by atoms with Crippen LogP contribution in [0.2, 0.25) is 0 Å². The fraction of sp³-hybridized carbons (Fsp3) is 0.571. The molecule has 0 saturated carbocycles. The maximum Gasteiger partial charge on any atom is 0.0701 e. The monoisotopic (exact) mass is 329 g/mol. The van der Waals surface area contributed by atoms with Gasteiger partial charge in [0.2, 0.25) is 0 Å². The number of hydrogen-bond acceptors (Lipinski definition) is 4. The van der Waals surface area contributed by atoms with E-state index in [0.717, 1.165) is 17.6 Å². The zero-order chi connectivity index (χ0) is 13.3. The van der Waals surface area contributed by atoms with Gasteiger partial charge in [0.1, 0.15) is 0 Å². The lowest BCUT2D eigenvalue weighted by Crippen LogP contribution is -2.32. The van der Waals surface area contributed by atoms with Gasteiger partial charge < -0.3 is 19.1 Å². The van der Waals surface area contributed by atoms with Crippen molar-refractivity contribution in [3.8, 4) is 0 Å². The minimum atomic E-state index is 0.637. The molecule has 1 aromatic carbocycles. The molecule has 0 aromatic heterocycles. The van der Waals surface area contributed by atoms with Crippen LogP contribution in [0.3, 0.4) is 0 Å². The largest absolute Gasteiger partial charge is 0.377 e. The molecule has 0 unspecified atom stereocenters. The lowest BCUT2D eigenvalue weighted by molar-refractivity contribution is 0.0126. The predicted octanol–water partition coefficient (Wildman–Crippen LogP) is 2.32. The number of nitrogens with zero attached hydrogens (tertiary/aromatic N) is 1. The van der Waals surface area contributed by atoms with Gasteiger partial charge in [0.15, 0.2) is 0 Å². The first kappa shape index (κ1) is 14.8. The van der Waals surface area contributed by atoms with E-state index in [0.29, 0.717) is 39.6 Å². The van der Waals surface area contributed by atoms with E-state index < -0.39 is 0 Å². The number of anilines is 1. The van der Waals surface area contributed by atoms with Gasteiger partial charge in [0, 0.05) is 17.6 Å². The number of benzene rings is 1. The summed E-state index contributed by atoms with van der Waals surface area (Å²) in [6.45, 7) is 5.66. The van der Waals surface area contributed by atoms with Crippen LogP contribution in [0.4, 0.5) is 5.69 Å². The minimum Gasteiger partial charge on any atom is -0.377 e. The highest BCUT2D eigenvalue weighted by molar-refractivity contribution is 9.10. The number of hydrogen-bond donors (Lipinski definition) is 0. The van der Waals surface area contributed by atoms with E-state index in [-0.39, 0.29) is 0 Å². The Morgan fingerprint density at radius 1 is 0.789 bits per heavy atom. The zero-order valence-electron chi connectivity index (χ0n) is 11.0. The van der Waals surface area contributed by atoms with Gasteiger partial charge in [-0.25, -0.2) is 0 Å². The molecule has 1 heterocycles. The van der Waals surface area contributed by atoms with Crippen molar-refractivity contribution in [3.63, 3.8) is 0 Å². The van der Waals surface area contributed by atoms with Gasteiger partial charge >= 0.3 is 0 Å². The van der Waals surface area contributed by atoms with Crippen LogP contribution in [0.15, 0.2) is 28.7 Å². The van der Waals surface area contributed by atoms with Crippen molar-refractivity contribution in [2.45, 2.75) is 0 Å². The summed E-state index contributed by atoms with van der Waals surface area (Å²) in [5.41, 5.74) is 1.18.